The number of rotatable bonds is 6. The van der Waals surface area contributed by atoms with Crippen molar-refractivity contribution in [3.05, 3.63) is 18.0 Å². The van der Waals surface area contributed by atoms with Crippen molar-refractivity contribution in [2.24, 2.45) is 5.73 Å². The fourth-order valence-corrected chi connectivity index (χ4v) is 2.39. The zero-order chi connectivity index (χ0) is 12.8. The maximum atomic E-state index is 5.68. The second-order valence-corrected chi connectivity index (χ2v) is 4.84. The Morgan fingerprint density at radius 3 is 2.83 bits per heavy atom. The van der Waals surface area contributed by atoms with Gasteiger partial charge in [-0.15, -0.1) is 0 Å². The van der Waals surface area contributed by atoms with Crippen LogP contribution in [0.15, 0.2) is 12.4 Å². The lowest BCUT2D eigenvalue weighted by molar-refractivity contribution is 0.00978. The largest absolute Gasteiger partial charge is 0.377 e. The number of hydrogen-bond acceptors (Lipinski definition) is 4. The SMILES string of the molecule is CCn1cc(CN2CCC(OCCN)CC2)cn1. The molecule has 1 aromatic rings. The lowest BCUT2D eigenvalue weighted by atomic mass is 10.1. The van der Waals surface area contributed by atoms with Gasteiger partial charge in [0.25, 0.3) is 0 Å². The molecule has 0 aromatic carbocycles. The van der Waals surface area contributed by atoms with Gasteiger partial charge in [0.05, 0.1) is 18.9 Å². The summed E-state index contributed by atoms with van der Waals surface area (Å²) in [6.07, 6.45) is 6.74. The van der Waals surface area contributed by atoms with Crippen LogP contribution in [0.2, 0.25) is 0 Å². The summed E-state index contributed by atoms with van der Waals surface area (Å²) < 4.78 is 7.66. The van der Waals surface area contributed by atoms with E-state index in [2.05, 4.69) is 23.1 Å². The highest BCUT2D eigenvalue weighted by atomic mass is 16.5. The summed E-state index contributed by atoms with van der Waals surface area (Å²) in [5.41, 5.74) is 6.75. The molecule has 102 valence electrons. The van der Waals surface area contributed by atoms with E-state index in [1.807, 2.05) is 10.9 Å². The van der Waals surface area contributed by atoms with Crippen molar-refractivity contribution in [3.8, 4) is 0 Å². The summed E-state index contributed by atoms with van der Waals surface area (Å²) in [4.78, 5) is 2.47. The molecule has 0 amide bonds. The third-order valence-electron chi connectivity index (χ3n) is 3.42. The second-order valence-electron chi connectivity index (χ2n) is 4.84. The predicted octanol–water partition coefficient (Wildman–Crippen LogP) is 0.843. The van der Waals surface area contributed by atoms with E-state index in [1.54, 1.807) is 0 Å². The number of nitrogens with two attached hydrogens (primary N) is 1. The molecular formula is C13H24N4O. The van der Waals surface area contributed by atoms with Crippen LogP contribution >= 0.6 is 0 Å². The number of hydrogen-bond donors (Lipinski definition) is 1. The Hall–Kier alpha value is -0.910. The molecule has 0 aliphatic carbocycles. The Labute approximate surface area is 109 Å². The normalized spacial score (nSPS) is 18.3. The summed E-state index contributed by atoms with van der Waals surface area (Å²) in [5, 5.41) is 4.31. The van der Waals surface area contributed by atoms with E-state index < -0.39 is 0 Å². The second kappa shape index (κ2) is 6.87. The topological polar surface area (TPSA) is 56.3 Å². The fourth-order valence-electron chi connectivity index (χ4n) is 2.39. The van der Waals surface area contributed by atoms with Crippen molar-refractivity contribution in [1.82, 2.24) is 14.7 Å². The summed E-state index contributed by atoms with van der Waals surface area (Å²) in [6.45, 7) is 7.57. The molecule has 2 N–H and O–H groups in total. The van der Waals surface area contributed by atoms with Gasteiger partial charge in [-0.3, -0.25) is 9.58 Å². The molecule has 18 heavy (non-hydrogen) atoms. The Balaban J connectivity index is 1.73. The third kappa shape index (κ3) is 3.80. The van der Waals surface area contributed by atoms with Gasteiger partial charge in [-0.05, 0) is 19.8 Å². The molecule has 0 bridgehead atoms. The average Bonchev–Trinajstić information content (AvgIpc) is 2.86. The van der Waals surface area contributed by atoms with E-state index in [0.29, 0.717) is 19.3 Å². The Kier molecular flexibility index (Phi) is 5.16. The molecule has 2 rings (SSSR count). The van der Waals surface area contributed by atoms with Gasteiger partial charge in [0.2, 0.25) is 0 Å². The smallest absolute Gasteiger partial charge is 0.0600 e. The molecule has 0 unspecified atom stereocenters. The van der Waals surface area contributed by atoms with Crippen LogP contribution < -0.4 is 5.73 Å². The van der Waals surface area contributed by atoms with Crippen LogP contribution in [0.4, 0.5) is 0 Å². The Morgan fingerprint density at radius 2 is 2.22 bits per heavy atom. The van der Waals surface area contributed by atoms with E-state index in [0.717, 1.165) is 39.0 Å². The van der Waals surface area contributed by atoms with Crippen LogP contribution in [0.1, 0.15) is 25.3 Å². The molecular weight excluding hydrogens is 228 g/mol. The van der Waals surface area contributed by atoms with Crippen LogP contribution in [-0.4, -0.2) is 47.0 Å². The first-order valence-corrected chi connectivity index (χ1v) is 6.87. The first-order valence-electron chi connectivity index (χ1n) is 6.87. The van der Waals surface area contributed by atoms with Gasteiger partial charge >= 0.3 is 0 Å². The minimum Gasteiger partial charge on any atom is -0.377 e. The molecule has 5 heteroatoms. The Bertz CT molecular complexity index is 345. The highest BCUT2D eigenvalue weighted by molar-refractivity contribution is 5.03. The molecule has 0 radical (unpaired) electrons. The van der Waals surface area contributed by atoms with Gasteiger partial charge in [0, 0.05) is 44.5 Å². The van der Waals surface area contributed by atoms with E-state index >= 15 is 0 Å². The molecule has 0 atom stereocenters. The zero-order valence-electron chi connectivity index (χ0n) is 11.2. The fraction of sp³-hybridized carbons (Fsp3) is 0.769. The molecule has 1 aliphatic heterocycles. The number of likely N-dealkylation sites (tertiary alicyclic amines) is 1. The van der Waals surface area contributed by atoms with Gasteiger partial charge in [-0.1, -0.05) is 0 Å². The molecule has 1 aromatic heterocycles. The molecule has 2 heterocycles. The first kappa shape index (κ1) is 13.5. The van der Waals surface area contributed by atoms with Gasteiger partial charge in [0.1, 0.15) is 0 Å². The van der Waals surface area contributed by atoms with Gasteiger partial charge in [-0.2, -0.15) is 5.10 Å². The van der Waals surface area contributed by atoms with Crippen molar-refractivity contribution < 1.29 is 4.74 Å². The highest BCUT2D eigenvalue weighted by Crippen LogP contribution is 2.15. The van der Waals surface area contributed by atoms with Gasteiger partial charge < -0.3 is 10.5 Å². The number of aryl methyl sites for hydroxylation is 1. The average molecular weight is 252 g/mol. The first-order chi connectivity index (χ1) is 8.81. The Morgan fingerprint density at radius 1 is 1.44 bits per heavy atom. The van der Waals surface area contributed by atoms with Gasteiger partial charge in [0.15, 0.2) is 0 Å². The summed E-state index contributed by atoms with van der Waals surface area (Å²) in [5.74, 6) is 0. The van der Waals surface area contributed by atoms with Crippen LogP contribution in [0.3, 0.4) is 0 Å². The van der Waals surface area contributed by atoms with Crippen LogP contribution in [0.25, 0.3) is 0 Å². The maximum Gasteiger partial charge on any atom is 0.0600 e. The van der Waals surface area contributed by atoms with Crippen LogP contribution in [0, 0.1) is 0 Å². The van der Waals surface area contributed by atoms with Crippen molar-refractivity contribution in [3.63, 3.8) is 0 Å². The van der Waals surface area contributed by atoms with Crippen molar-refractivity contribution in [1.29, 1.82) is 0 Å². The number of ether oxygens (including phenoxy) is 1. The zero-order valence-corrected chi connectivity index (χ0v) is 11.2. The highest BCUT2D eigenvalue weighted by Gasteiger charge is 2.19. The number of aromatic nitrogens is 2. The minimum absolute atomic E-state index is 0.406. The quantitative estimate of drug-likeness (QED) is 0.815. The lowest BCUT2D eigenvalue weighted by Crippen LogP contribution is -2.37. The van der Waals surface area contributed by atoms with Gasteiger partial charge in [-0.25, -0.2) is 0 Å². The summed E-state index contributed by atoms with van der Waals surface area (Å²) in [7, 11) is 0. The van der Waals surface area contributed by atoms with Crippen molar-refractivity contribution in [2.75, 3.05) is 26.2 Å². The standard InChI is InChI=1S/C13H24N4O/c1-2-17-11-12(9-15-17)10-16-6-3-13(4-7-16)18-8-5-14/h9,11,13H,2-8,10,14H2,1H3. The molecule has 0 saturated carbocycles. The molecule has 5 nitrogen and oxygen atoms in total. The number of piperidine rings is 1. The van der Waals surface area contributed by atoms with Crippen molar-refractivity contribution >= 4 is 0 Å². The van der Waals surface area contributed by atoms with E-state index in [-0.39, 0.29) is 0 Å². The monoisotopic (exact) mass is 252 g/mol. The molecule has 1 saturated heterocycles. The third-order valence-corrected chi connectivity index (χ3v) is 3.42. The van der Waals surface area contributed by atoms with E-state index in [9.17, 15) is 0 Å². The van der Waals surface area contributed by atoms with Crippen LogP contribution in [-0.2, 0) is 17.8 Å². The molecule has 0 spiro atoms. The molecule has 1 fully saturated rings. The van der Waals surface area contributed by atoms with Crippen LogP contribution in [0.5, 0.6) is 0 Å². The maximum absolute atomic E-state index is 5.68. The summed E-state index contributed by atoms with van der Waals surface area (Å²) >= 11 is 0. The van der Waals surface area contributed by atoms with E-state index in [4.69, 9.17) is 10.5 Å². The molecule has 1 aliphatic rings. The summed E-state index contributed by atoms with van der Waals surface area (Å²) in [6, 6.07) is 0. The van der Waals surface area contributed by atoms with Crippen molar-refractivity contribution in [2.45, 2.75) is 39.0 Å². The van der Waals surface area contributed by atoms with E-state index in [1.165, 1.54) is 5.56 Å². The predicted molar refractivity (Wildman–Crippen MR) is 71.2 cm³/mol. The lowest BCUT2D eigenvalue weighted by Gasteiger charge is -2.31. The number of nitrogens with zero attached hydrogens (tertiary/aromatic N) is 3. The minimum atomic E-state index is 0.406.